The van der Waals surface area contributed by atoms with Crippen LogP contribution in [0.3, 0.4) is 0 Å². The highest BCUT2D eigenvalue weighted by Crippen LogP contribution is 2.33. The minimum absolute atomic E-state index is 0.0630. The molecule has 1 unspecified atom stereocenters. The van der Waals surface area contributed by atoms with Crippen LogP contribution in [-0.2, 0) is 4.79 Å². The number of carbonyl (C=O) groups excluding carboxylic acids is 1. The molecule has 1 aromatic rings. The Morgan fingerprint density at radius 2 is 2.04 bits per heavy atom. The van der Waals surface area contributed by atoms with Crippen molar-refractivity contribution in [2.45, 2.75) is 24.2 Å². The van der Waals surface area contributed by atoms with Crippen LogP contribution in [0.5, 0.6) is 5.75 Å². The van der Waals surface area contributed by atoms with Crippen molar-refractivity contribution >= 4 is 34.2 Å². The molecular weight excluding hydrogens is 415 g/mol. The van der Waals surface area contributed by atoms with Gasteiger partial charge in [0, 0.05) is 18.7 Å². The minimum atomic E-state index is -0.756. The van der Waals surface area contributed by atoms with Gasteiger partial charge in [0.15, 0.2) is 0 Å². The molecule has 1 heterocycles. The van der Waals surface area contributed by atoms with E-state index in [1.807, 2.05) is 22.6 Å². The second-order valence-corrected chi connectivity index (χ2v) is 6.36. The number of alkyl halides is 1. The van der Waals surface area contributed by atoms with Crippen molar-refractivity contribution < 1.29 is 18.3 Å². The maximum atomic E-state index is 14.4. The lowest BCUT2D eigenvalue weighted by atomic mass is 10.0. The standard InChI is InChI=1S/C17H16F2INO2/c1-3-5-8-23-11-9-12(18)16(13(19)10-11)15-7-6-14(20)17(22)21(15)4-2/h7,9-10,14H,4,6,8H2,1-2H3. The molecule has 1 atom stereocenters. The third kappa shape index (κ3) is 3.83. The van der Waals surface area contributed by atoms with Gasteiger partial charge in [-0.25, -0.2) is 8.78 Å². The SMILES string of the molecule is CC#CCOc1cc(F)c(C2=CCC(I)C(=O)N2CC)c(F)c1. The van der Waals surface area contributed by atoms with Crippen molar-refractivity contribution in [3.05, 3.63) is 35.4 Å². The molecule has 0 spiro atoms. The summed E-state index contributed by atoms with van der Waals surface area (Å²) in [6.07, 6.45) is 2.15. The van der Waals surface area contributed by atoms with Crippen molar-refractivity contribution in [1.29, 1.82) is 0 Å². The zero-order chi connectivity index (χ0) is 17.0. The van der Waals surface area contributed by atoms with Gasteiger partial charge in [0.1, 0.15) is 24.0 Å². The van der Waals surface area contributed by atoms with Crippen LogP contribution >= 0.6 is 22.6 Å². The molecule has 1 aromatic carbocycles. The summed E-state index contributed by atoms with van der Waals surface area (Å²) in [4.78, 5) is 13.6. The Hall–Kier alpha value is -1.62. The zero-order valence-corrected chi connectivity index (χ0v) is 15.0. The lowest BCUT2D eigenvalue weighted by Gasteiger charge is -2.30. The third-order valence-corrected chi connectivity index (χ3v) is 4.46. The van der Waals surface area contributed by atoms with Gasteiger partial charge in [-0.1, -0.05) is 34.6 Å². The van der Waals surface area contributed by atoms with Gasteiger partial charge >= 0.3 is 0 Å². The number of hydrogen-bond donors (Lipinski definition) is 0. The van der Waals surface area contributed by atoms with E-state index >= 15 is 0 Å². The Bertz CT molecular complexity index is 683. The molecular formula is C17H16F2INO2. The summed E-state index contributed by atoms with van der Waals surface area (Å²) in [5.74, 6) is 3.72. The monoisotopic (exact) mass is 431 g/mol. The molecule has 1 aliphatic heterocycles. The van der Waals surface area contributed by atoms with Gasteiger partial charge in [-0.05, 0) is 20.3 Å². The van der Waals surface area contributed by atoms with E-state index in [9.17, 15) is 13.6 Å². The van der Waals surface area contributed by atoms with Gasteiger partial charge in [-0.15, -0.1) is 5.92 Å². The van der Waals surface area contributed by atoms with Gasteiger partial charge in [0.2, 0.25) is 5.91 Å². The van der Waals surface area contributed by atoms with E-state index < -0.39 is 11.6 Å². The molecule has 2 rings (SSSR count). The molecule has 0 radical (unpaired) electrons. The molecule has 6 heteroatoms. The number of amides is 1. The normalized spacial score (nSPS) is 17.4. The molecule has 0 aromatic heterocycles. The highest BCUT2D eigenvalue weighted by atomic mass is 127. The van der Waals surface area contributed by atoms with Crippen molar-refractivity contribution in [3.63, 3.8) is 0 Å². The second kappa shape index (κ2) is 7.77. The number of nitrogens with zero attached hydrogens (tertiary/aromatic N) is 1. The van der Waals surface area contributed by atoms with Crippen LogP contribution in [0.4, 0.5) is 8.78 Å². The number of halogens is 3. The molecule has 0 bridgehead atoms. The van der Waals surface area contributed by atoms with Crippen molar-refractivity contribution in [3.8, 4) is 17.6 Å². The van der Waals surface area contributed by atoms with Gasteiger partial charge in [0.25, 0.3) is 0 Å². The molecule has 23 heavy (non-hydrogen) atoms. The van der Waals surface area contributed by atoms with Crippen molar-refractivity contribution in [2.24, 2.45) is 0 Å². The fourth-order valence-electron chi connectivity index (χ4n) is 2.35. The zero-order valence-electron chi connectivity index (χ0n) is 12.8. The van der Waals surface area contributed by atoms with Crippen LogP contribution in [0.2, 0.25) is 0 Å². The van der Waals surface area contributed by atoms with Crippen LogP contribution in [0.25, 0.3) is 5.70 Å². The lowest BCUT2D eigenvalue weighted by Crippen LogP contribution is -2.38. The summed E-state index contributed by atoms with van der Waals surface area (Å²) in [5, 5.41) is 0. The first-order valence-corrected chi connectivity index (χ1v) is 8.41. The Morgan fingerprint density at radius 1 is 1.39 bits per heavy atom. The van der Waals surface area contributed by atoms with Crippen molar-refractivity contribution in [1.82, 2.24) is 4.90 Å². The molecule has 0 aliphatic carbocycles. The predicted molar refractivity (Wildman–Crippen MR) is 93.1 cm³/mol. The summed E-state index contributed by atoms with van der Waals surface area (Å²) in [5.41, 5.74) is 0.0812. The molecule has 1 aliphatic rings. The van der Waals surface area contributed by atoms with E-state index in [1.165, 1.54) is 4.90 Å². The first-order valence-electron chi connectivity index (χ1n) is 7.17. The molecule has 122 valence electrons. The van der Waals surface area contributed by atoms with Crippen LogP contribution in [-0.4, -0.2) is 27.9 Å². The Balaban J connectivity index is 2.39. The van der Waals surface area contributed by atoms with Gasteiger partial charge in [-0.3, -0.25) is 4.79 Å². The highest BCUT2D eigenvalue weighted by molar-refractivity contribution is 14.1. The van der Waals surface area contributed by atoms with E-state index in [4.69, 9.17) is 4.74 Å². The summed E-state index contributed by atoms with van der Waals surface area (Å²) < 4.78 is 33.8. The number of benzene rings is 1. The van der Waals surface area contributed by atoms with E-state index in [-0.39, 0.29) is 33.4 Å². The topological polar surface area (TPSA) is 29.5 Å². The van der Waals surface area contributed by atoms with E-state index in [1.54, 1.807) is 19.9 Å². The van der Waals surface area contributed by atoms with Crippen LogP contribution in [0, 0.1) is 23.5 Å². The van der Waals surface area contributed by atoms with E-state index in [2.05, 4.69) is 11.8 Å². The average Bonchev–Trinajstić information content (AvgIpc) is 2.50. The molecule has 0 N–H and O–H groups in total. The summed E-state index contributed by atoms with van der Waals surface area (Å²) >= 11 is 2.04. The number of carbonyl (C=O) groups is 1. The predicted octanol–water partition coefficient (Wildman–Crippen LogP) is 3.76. The first-order chi connectivity index (χ1) is 11.0. The molecule has 0 saturated carbocycles. The average molecular weight is 431 g/mol. The lowest BCUT2D eigenvalue weighted by molar-refractivity contribution is -0.127. The maximum absolute atomic E-state index is 14.4. The van der Waals surface area contributed by atoms with Crippen molar-refractivity contribution in [2.75, 3.05) is 13.2 Å². The van der Waals surface area contributed by atoms with Gasteiger partial charge in [-0.2, -0.15) is 0 Å². The largest absolute Gasteiger partial charge is 0.481 e. The third-order valence-electron chi connectivity index (χ3n) is 3.42. The maximum Gasteiger partial charge on any atom is 0.240 e. The van der Waals surface area contributed by atoms with Crippen LogP contribution < -0.4 is 4.74 Å². The number of hydrogen-bond acceptors (Lipinski definition) is 2. The number of rotatable bonds is 4. The smallest absolute Gasteiger partial charge is 0.240 e. The fraction of sp³-hybridized carbons (Fsp3) is 0.353. The Kier molecular flexibility index (Phi) is 5.99. The second-order valence-electron chi connectivity index (χ2n) is 4.85. The van der Waals surface area contributed by atoms with E-state index in [0.717, 1.165) is 12.1 Å². The summed E-state index contributed by atoms with van der Waals surface area (Å²) in [7, 11) is 0. The molecule has 0 fully saturated rings. The molecule has 3 nitrogen and oxygen atoms in total. The first kappa shape index (κ1) is 17.7. The number of ether oxygens (including phenoxy) is 1. The van der Waals surface area contributed by atoms with Gasteiger partial charge in [0.05, 0.1) is 15.2 Å². The quantitative estimate of drug-likeness (QED) is 0.413. The molecule has 0 saturated heterocycles. The van der Waals surface area contributed by atoms with Crippen LogP contribution in [0.1, 0.15) is 25.8 Å². The Labute approximate surface area is 147 Å². The van der Waals surface area contributed by atoms with E-state index in [0.29, 0.717) is 13.0 Å². The fourth-order valence-corrected chi connectivity index (χ4v) is 2.94. The van der Waals surface area contributed by atoms with Gasteiger partial charge < -0.3 is 9.64 Å². The molecule has 1 amide bonds. The highest BCUT2D eigenvalue weighted by Gasteiger charge is 2.31. The number of allylic oxidation sites excluding steroid dienone is 1. The minimum Gasteiger partial charge on any atom is -0.481 e. The summed E-state index contributed by atoms with van der Waals surface area (Å²) in [6.45, 7) is 3.85. The summed E-state index contributed by atoms with van der Waals surface area (Å²) in [6, 6.07) is 2.23. The van der Waals surface area contributed by atoms with Crippen LogP contribution in [0.15, 0.2) is 18.2 Å². The Morgan fingerprint density at radius 3 is 2.61 bits per heavy atom.